The van der Waals surface area contributed by atoms with E-state index in [9.17, 15) is 17.4 Å². The van der Waals surface area contributed by atoms with E-state index in [-0.39, 0.29) is 0 Å². The Labute approximate surface area is 52.1 Å². The van der Waals surface area contributed by atoms with Gasteiger partial charge >= 0.3 is 5.51 Å². The van der Waals surface area contributed by atoms with Crippen LogP contribution in [-0.2, 0) is 10.8 Å². The normalized spacial score (nSPS) is 15.6. The molecule has 0 aromatic rings. The molecule has 0 amide bonds. The third-order valence-corrected chi connectivity index (χ3v) is 1.60. The Hall–Kier alpha value is -0.100. The van der Waals surface area contributed by atoms with E-state index in [1.54, 1.807) is 0 Å². The van der Waals surface area contributed by atoms with Crippen LogP contribution >= 0.6 is 0 Å². The number of aliphatic hydroxyl groups is 1. The van der Waals surface area contributed by atoms with Crippen molar-refractivity contribution in [2.75, 3.05) is 12.4 Å². The zero-order valence-corrected chi connectivity index (χ0v) is 5.13. The van der Waals surface area contributed by atoms with Gasteiger partial charge < -0.3 is 5.11 Å². The van der Waals surface area contributed by atoms with E-state index in [1.807, 2.05) is 0 Å². The average molecular weight is 162 g/mol. The molecule has 0 aliphatic carbocycles. The second-order valence-electron chi connectivity index (χ2n) is 1.22. The summed E-state index contributed by atoms with van der Waals surface area (Å²) in [6, 6.07) is 0. The van der Waals surface area contributed by atoms with Crippen molar-refractivity contribution in [2.24, 2.45) is 0 Å². The maximum Gasteiger partial charge on any atom is 0.471 e. The highest BCUT2D eigenvalue weighted by Gasteiger charge is 2.35. The standard InChI is InChI=1S/C3H5F3O2S/c4-3(5,6)9(8)2-1-7/h7H,1-2H2. The molecule has 6 heteroatoms. The molecule has 0 spiro atoms. The van der Waals surface area contributed by atoms with Crippen molar-refractivity contribution in [3.8, 4) is 0 Å². The highest BCUT2D eigenvalue weighted by molar-refractivity contribution is 7.85. The lowest BCUT2D eigenvalue weighted by Crippen LogP contribution is -2.20. The average Bonchev–Trinajstić information content (AvgIpc) is 1.64. The van der Waals surface area contributed by atoms with E-state index in [4.69, 9.17) is 5.11 Å². The van der Waals surface area contributed by atoms with Crippen molar-refractivity contribution in [2.45, 2.75) is 5.51 Å². The van der Waals surface area contributed by atoms with Crippen LogP contribution in [-0.4, -0.2) is 27.2 Å². The minimum atomic E-state index is -4.68. The molecule has 1 unspecified atom stereocenters. The van der Waals surface area contributed by atoms with Gasteiger partial charge in [-0.05, 0) is 0 Å². The van der Waals surface area contributed by atoms with E-state index < -0.39 is 28.7 Å². The first-order chi connectivity index (χ1) is 3.98. The molecule has 0 heterocycles. The van der Waals surface area contributed by atoms with Gasteiger partial charge in [0.25, 0.3) is 0 Å². The minimum absolute atomic E-state index is 0.702. The molecule has 0 saturated carbocycles. The van der Waals surface area contributed by atoms with Gasteiger partial charge in [-0.25, -0.2) is 0 Å². The van der Waals surface area contributed by atoms with Crippen molar-refractivity contribution < 1.29 is 22.5 Å². The van der Waals surface area contributed by atoms with Gasteiger partial charge in [0, 0.05) is 0 Å². The Morgan fingerprint density at radius 2 is 1.89 bits per heavy atom. The van der Waals surface area contributed by atoms with Gasteiger partial charge in [0.2, 0.25) is 0 Å². The Kier molecular flexibility index (Phi) is 3.13. The molecule has 0 saturated heterocycles. The molecule has 56 valence electrons. The van der Waals surface area contributed by atoms with Crippen LogP contribution in [0.5, 0.6) is 0 Å². The third kappa shape index (κ3) is 3.47. The van der Waals surface area contributed by atoms with Crippen LogP contribution in [0.15, 0.2) is 0 Å². The highest BCUT2D eigenvalue weighted by atomic mass is 32.2. The highest BCUT2D eigenvalue weighted by Crippen LogP contribution is 2.19. The van der Waals surface area contributed by atoms with Crippen LogP contribution in [0.1, 0.15) is 0 Å². The zero-order chi connectivity index (χ0) is 7.49. The minimum Gasteiger partial charge on any atom is -0.395 e. The van der Waals surface area contributed by atoms with Crippen LogP contribution in [0.3, 0.4) is 0 Å². The molecule has 0 fully saturated rings. The van der Waals surface area contributed by atoms with Crippen molar-refractivity contribution >= 4 is 10.8 Å². The summed E-state index contributed by atoms with van der Waals surface area (Å²) < 4.78 is 43.6. The summed E-state index contributed by atoms with van der Waals surface area (Å²) >= 11 is 0. The largest absolute Gasteiger partial charge is 0.471 e. The van der Waals surface area contributed by atoms with Crippen LogP contribution < -0.4 is 0 Å². The molecule has 2 nitrogen and oxygen atoms in total. The summed E-state index contributed by atoms with van der Waals surface area (Å²) in [4.78, 5) is 0. The molecular weight excluding hydrogens is 157 g/mol. The molecule has 0 rings (SSSR count). The van der Waals surface area contributed by atoms with Gasteiger partial charge in [-0.15, -0.1) is 0 Å². The number of aliphatic hydroxyl groups excluding tert-OH is 1. The lowest BCUT2D eigenvalue weighted by molar-refractivity contribution is -0.0386. The van der Waals surface area contributed by atoms with Gasteiger partial charge in [-0.1, -0.05) is 0 Å². The smallest absolute Gasteiger partial charge is 0.395 e. The lowest BCUT2D eigenvalue weighted by Gasteiger charge is -2.02. The van der Waals surface area contributed by atoms with Crippen LogP contribution in [0.2, 0.25) is 0 Å². The predicted molar refractivity (Wildman–Crippen MR) is 26.2 cm³/mol. The third-order valence-electron chi connectivity index (χ3n) is 0.535. The summed E-state index contributed by atoms with van der Waals surface area (Å²) in [7, 11) is -2.89. The van der Waals surface area contributed by atoms with Crippen LogP contribution in [0.25, 0.3) is 0 Å². The molecule has 9 heavy (non-hydrogen) atoms. The van der Waals surface area contributed by atoms with Gasteiger partial charge in [-0.3, -0.25) is 4.21 Å². The first-order valence-electron chi connectivity index (χ1n) is 2.04. The Bertz CT molecular complexity index is 110. The van der Waals surface area contributed by atoms with E-state index in [0.717, 1.165) is 0 Å². The first kappa shape index (κ1) is 8.90. The molecule has 0 aliphatic heterocycles. The zero-order valence-electron chi connectivity index (χ0n) is 4.31. The summed E-state index contributed by atoms with van der Waals surface area (Å²) in [5, 5.41) is 7.91. The SMILES string of the molecule is O=S(CCO)C(F)(F)F. The Morgan fingerprint density at radius 1 is 1.44 bits per heavy atom. The topological polar surface area (TPSA) is 37.3 Å². The van der Waals surface area contributed by atoms with Crippen LogP contribution in [0, 0.1) is 0 Å². The van der Waals surface area contributed by atoms with Gasteiger partial charge in [0.15, 0.2) is 0 Å². The summed E-state index contributed by atoms with van der Waals surface area (Å²) in [5.74, 6) is -0.733. The van der Waals surface area contributed by atoms with Crippen molar-refractivity contribution in [1.82, 2.24) is 0 Å². The van der Waals surface area contributed by atoms with E-state index >= 15 is 0 Å². The quantitative estimate of drug-likeness (QED) is 0.631. The molecule has 0 aliphatic rings. The molecule has 0 aromatic carbocycles. The monoisotopic (exact) mass is 162 g/mol. The van der Waals surface area contributed by atoms with Crippen molar-refractivity contribution in [3.63, 3.8) is 0 Å². The van der Waals surface area contributed by atoms with Gasteiger partial charge in [0.1, 0.15) is 10.8 Å². The molecular formula is C3H5F3O2S. The molecule has 0 bridgehead atoms. The van der Waals surface area contributed by atoms with E-state index in [0.29, 0.717) is 0 Å². The molecule has 0 aromatic heterocycles. The van der Waals surface area contributed by atoms with Crippen LogP contribution in [0.4, 0.5) is 13.2 Å². The Morgan fingerprint density at radius 3 is 2.00 bits per heavy atom. The van der Waals surface area contributed by atoms with E-state index in [2.05, 4.69) is 0 Å². The molecule has 1 N–H and O–H groups in total. The number of rotatable bonds is 2. The molecule has 0 radical (unpaired) electrons. The van der Waals surface area contributed by atoms with Crippen molar-refractivity contribution in [3.05, 3.63) is 0 Å². The van der Waals surface area contributed by atoms with Gasteiger partial charge in [-0.2, -0.15) is 13.2 Å². The maximum atomic E-state index is 11.2. The molecule has 1 atom stereocenters. The summed E-state index contributed by atoms with van der Waals surface area (Å²) in [6.07, 6.45) is 0. The fraction of sp³-hybridized carbons (Fsp3) is 1.00. The van der Waals surface area contributed by atoms with E-state index in [1.165, 1.54) is 0 Å². The number of alkyl halides is 3. The predicted octanol–water partition coefficient (Wildman–Crippen LogP) is 0.247. The fourth-order valence-electron chi connectivity index (χ4n) is 0.199. The Balaban J connectivity index is 3.74. The number of halogens is 3. The summed E-state index contributed by atoms with van der Waals surface area (Å²) in [6.45, 7) is -0.702. The second kappa shape index (κ2) is 3.17. The fourth-order valence-corrected chi connectivity index (χ4v) is 0.596. The van der Waals surface area contributed by atoms with Gasteiger partial charge in [0.05, 0.1) is 12.4 Å². The van der Waals surface area contributed by atoms with Crippen molar-refractivity contribution in [1.29, 1.82) is 0 Å². The second-order valence-corrected chi connectivity index (χ2v) is 2.78. The number of hydrogen-bond donors (Lipinski definition) is 1. The maximum absolute atomic E-state index is 11.2. The number of hydrogen-bond acceptors (Lipinski definition) is 2. The summed E-state index contributed by atoms with van der Waals surface area (Å²) in [5.41, 5.74) is -4.68. The lowest BCUT2D eigenvalue weighted by atomic mass is 10.9. The first-order valence-corrected chi connectivity index (χ1v) is 3.36.